The second-order valence-corrected chi connectivity index (χ2v) is 5.08. The average Bonchev–Trinajstić information content (AvgIpc) is 3.00. The molecule has 0 saturated heterocycles. The number of esters is 1. The van der Waals surface area contributed by atoms with Crippen molar-refractivity contribution in [3.63, 3.8) is 0 Å². The summed E-state index contributed by atoms with van der Waals surface area (Å²) < 4.78 is 6.92. The van der Waals surface area contributed by atoms with Crippen molar-refractivity contribution in [2.75, 3.05) is 0 Å². The maximum Gasteiger partial charge on any atom is 0.363 e. The van der Waals surface area contributed by atoms with E-state index in [2.05, 4.69) is 10.1 Å². The molecule has 0 spiro atoms. The minimum absolute atomic E-state index is 0.288. The van der Waals surface area contributed by atoms with Gasteiger partial charge < -0.3 is 4.74 Å². The third kappa shape index (κ3) is 2.63. The van der Waals surface area contributed by atoms with Gasteiger partial charge in [-0.05, 0) is 43.2 Å². The zero-order valence-electron chi connectivity index (χ0n) is 12.1. The van der Waals surface area contributed by atoms with Crippen LogP contribution in [0.15, 0.2) is 41.3 Å². The lowest BCUT2D eigenvalue weighted by molar-refractivity contribution is -0.129. The number of benzene rings is 1. The summed E-state index contributed by atoms with van der Waals surface area (Å²) in [6, 6.07) is 5.86. The average molecular weight is 281 g/mol. The van der Waals surface area contributed by atoms with Crippen LogP contribution in [0.4, 0.5) is 0 Å². The summed E-state index contributed by atoms with van der Waals surface area (Å²) in [5.41, 5.74) is 4.23. The number of carbonyl (C=O) groups is 1. The van der Waals surface area contributed by atoms with Crippen LogP contribution in [0.25, 0.3) is 6.08 Å². The molecule has 1 aromatic carbocycles. The number of hydrogen-bond donors (Lipinski definition) is 0. The van der Waals surface area contributed by atoms with Gasteiger partial charge in [0.05, 0.1) is 6.20 Å². The van der Waals surface area contributed by atoms with Crippen LogP contribution in [-0.2, 0) is 16.6 Å². The number of aliphatic imine (C=N–C) groups is 1. The van der Waals surface area contributed by atoms with Crippen LogP contribution in [0.2, 0.25) is 0 Å². The molecule has 21 heavy (non-hydrogen) atoms. The van der Waals surface area contributed by atoms with E-state index in [4.69, 9.17) is 4.74 Å². The Hall–Kier alpha value is -2.69. The number of aromatic nitrogens is 2. The fraction of sp³-hybridized carbons (Fsp3) is 0.188. The highest BCUT2D eigenvalue weighted by Crippen LogP contribution is 2.20. The van der Waals surface area contributed by atoms with Crippen LogP contribution < -0.4 is 0 Å². The van der Waals surface area contributed by atoms with Gasteiger partial charge in [0.2, 0.25) is 5.90 Å². The summed E-state index contributed by atoms with van der Waals surface area (Å²) in [5.74, 6) is -0.0923. The predicted octanol–water partition coefficient (Wildman–Crippen LogP) is 2.38. The SMILES string of the molecule is Cc1ccc(C2=NC(=Cc3cnn(C)c3)C(=O)O2)cc1C. The highest BCUT2D eigenvalue weighted by molar-refractivity contribution is 6.12. The standard InChI is InChI=1S/C16H15N3O2/c1-10-4-5-13(6-11(10)2)15-18-14(16(20)21-15)7-12-8-17-19(3)9-12/h4-9H,1-3H3. The summed E-state index contributed by atoms with van der Waals surface area (Å²) in [4.78, 5) is 16.2. The molecule has 0 radical (unpaired) electrons. The minimum Gasteiger partial charge on any atom is -0.402 e. The summed E-state index contributed by atoms with van der Waals surface area (Å²) in [7, 11) is 1.82. The fourth-order valence-electron chi connectivity index (χ4n) is 2.08. The van der Waals surface area contributed by atoms with E-state index < -0.39 is 5.97 Å². The van der Waals surface area contributed by atoms with E-state index in [1.807, 2.05) is 45.3 Å². The van der Waals surface area contributed by atoms with Gasteiger partial charge in [0.25, 0.3) is 0 Å². The molecule has 1 aliphatic heterocycles. The molecular weight excluding hydrogens is 266 g/mol. The van der Waals surface area contributed by atoms with Crippen molar-refractivity contribution in [3.8, 4) is 0 Å². The zero-order chi connectivity index (χ0) is 15.0. The first kappa shape index (κ1) is 13.3. The van der Waals surface area contributed by atoms with E-state index in [9.17, 15) is 4.79 Å². The molecule has 5 nitrogen and oxygen atoms in total. The maximum absolute atomic E-state index is 11.9. The molecule has 1 aromatic heterocycles. The predicted molar refractivity (Wildman–Crippen MR) is 79.7 cm³/mol. The van der Waals surface area contributed by atoms with Crippen LogP contribution in [0.1, 0.15) is 22.3 Å². The number of nitrogens with zero attached hydrogens (tertiary/aromatic N) is 3. The van der Waals surface area contributed by atoms with Crippen molar-refractivity contribution < 1.29 is 9.53 Å². The Morgan fingerprint density at radius 2 is 2.05 bits per heavy atom. The number of aryl methyl sites for hydroxylation is 3. The Morgan fingerprint density at radius 3 is 2.71 bits per heavy atom. The van der Waals surface area contributed by atoms with Gasteiger partial charge in [-0.1, -0.05) is 6.07 Å². The number of carbonyl (C=O) groups excluding carboxylic acids is 1. The molecule has 0 N–H and O–H groups in total. The molecule has 0 unspecified atom stereocenters. The number of rotatable bonds is 2. The molecule has 0 atom stereocenters. The van der Waals surface area contributed by atoms with Gasteiger partial charge in [0.15, 0.2) is 5.70 Å². The minimum atomic E-state index is -0.438. The third-order valence-corrected chi connectivity index (χ3v) is 3.40. The van der Waals surface area contributed by atoms with Crippen molar-refractivity contribution in [3.05, 3.63) is 58.5 Å². The second kappa shape index (κ2) is 5.01. The number of hydrogen-bond acceptors (Lipinski definition) is 4. The Morgan fingerprint density at radius 1 is 1.24 bits per heavy atom. The monoisotopic (exact) mass is 281 g/mol. The third-order valence-electron chi connectivity index (χ3n) is 3.40. The summed E-state index contributed by atoms with van der Waals surface area (Å²) in [5, 5.41) is 4.05. The normalized spacial score (nSPS) is 16.2. The Labute approximate surface area is 122 Å². The molecule has 0 amide bonds. The Balaban J connectivity index is 1.95. The Bertz CT molecular complexity index is 785. The van der Waals surface area contributed by atoms with Gasteiger partial charge in [-0.15, -0.1) is 0 Å². The molecule has 0 saturated carbocycles. The Kier molecular flexibility index (Phi) is 3.17. The largest absolute Gasteiger partial charge is 0.402 e. The van der Waals surface area contributed by atoms with Crippen molar-refractivity contribution >= 4 is 17.9 Å². The molecular formula is C16H15N3O2. The fourth-order valence-corrected chi connectivity index (χ4v) is 2.08. The van der Waals surface area contributed by atoms with Gasteiger partial charge in [0.1, 0.15) is 0 Å². The zero-order valence-corrected chi connectivity index (χ0v) is 12.1. The second-order valence-electron chi connectivity index (χ2n) is 5.08. The van der Waals surface area contributed by atoms with E-state index in [0.29, 0.717) is 5.90 Å². The lowest BCUT2D eigenvalue weighted by atomic mass is 10.1. The molecule has 0 bridgehead atoms. The molecule has 5 heteroatoms. The van der Waals surface area contributed by atoms with Gasteiger partial charge in [-0.3, -0.25) is 4.68 Å². The number of ether oxygens (including phenoxy) is 1. The summed E-state index contributed by atoms with van der Waals surface area (Å²) in [6.45, 7) is 4.05. The van der Waals surface area contributed by atoms with Crippen molar-refractivity contribution in [1.29, 1.82) is 0 Å². The first-order valence-corrected chi connectivity index (χ1v) is 6.62. The van der Waals surface area contributed by atoms with Crippen molar-refractivity contribution in [1.82, 2.24) is 9.78 Å². The molecule has 2 heterocycles. The molecule has 0 fully saturated rings. The lowest BCUT2D eigenvalue weighted by Gasteiger charge is -2.03. The highest BCUT2D eigenvalue weighted by atomic mass is 16.6. The smallest absolute Gasteiger partial charge is 0.363 e. The van der Waals surface area contributed by atoms with Gasteiger partial charge >= 0.3 is 5.97 Å². The highest BCUT2D eigenvalue weighted by Gasteiger charge is 2.24. The van der Waals surface area contributed by atoms with E-state index in [0.717, 1.165) is 16.7 Å². The first-order valence-electron chi connectivity index (χ1n) is 6.62. The topological polar surface area (TPSA) is 56.5 Å². The maximum atomic E-state index is 11.9. The van der Waals surface area contributed by atoms with Crippen molar-refractivity contribution in [2.24, 2.45) is 12.0 Å². The van der Waals surface area contributed by atoms with Crippen LogP contribution >= 0.6 is 0 Å². The van der Waals surface area contributed by atoms with Gasteiger partial charge in [0, 0.05) is 24.4 Å². The van der Waals surface area contributed by atoms with Crippen LogP contribution in [0, 0.1) is 13.8 Å². The van der Waals surface area contributed by atoms with Gasteiger partial charge in [-0.2, -0.15) is 5.10 Å². The van der Waals surface area contributed by atoms with Crippen LogP contribution in [-0.4, -0.2) is 21.6 Å². The molecule has 1 aliphatic rings. The molecule has 106 valence electrons. The first-order chi connectivity index (χ1) is 10.0. The van der Waals surface area contributed by atoms with Crippen LogP contribution in [0.3, 0.4) is 0 Å². The lowest BCUT2D eigenvalue weighted by Crippen LogP contribution is -2.05. The van der Waals surface area contributed by atoms with E-state index in [1.165, 1.54) is 5.56 Å². The number of cyclic esters (lactones) is 1. The van der Waals surface area contributed by atoms with E-state index in [1.54, 1.807) is 17.0 Å². The van der Waals surface area contributed by atoms with Crippen LogP contribution in [0.5, 0.6) is 0 Å². The van der Waals surface area contributed by atoms with E-state index in [-0.39, 0.29) is 5.70 Å². The molecule has 2 aromatic rings. The molecule has 3 rings (SSSR count). The van der Waals surface area contributed by atoms with Crippen molar-refractivity contribution in [2.45, 2.75) is 13.8 Å². The molecule has 0 aliphatic carbocycles. The van der Waals surface area contributed by atoms with E-state index >= 15 is 0 Å². The van der Waals surface area contributed by atoms with Gasteiger partial charge in [-0.25, -0.2) is 9.79 Å². The summed E-state index contributed by atoms with van der Waals surface area (Å²) >= 11 is 0. The quantitative estimate of drug-likeness (QED) is 0.627. The summed E-state index contributed by atoms with van der Waals surface area (Å²) in [6.07, 6.45) is 5.15.